The number of rotatable bonds is 5. The molecule has 1 aromatic carbocycles. The molecule has 128 valence electrons. The normalized spacial score (nSPS) is 11.7. The molecule has 8 heteroatoms. The zero-order valence-corrected chi connectivity index (χ0v) is 14.3. The average molecular weight is 358 g/mol. The topological polar surface area (TPSA) is 94.9 Å². The maximum absolute atomic E-state index is 12.0. The molecule has 0 unspecified atom stereocenters. The van der Waals surface area contributed by atoms with E-state index in [0.29, 0.717) is 22.7 Å². The summed E-state index contributed by atoms with van der Waals surface area (Å²) in [4.78, 5) is 20.5. The number of hydrogen-bond acceptors (Lipinski definition) is 5. The average Bonchev–Trinajstić information content (AvgIpc) is 3.06. The minimum atomic E-state index is -0.449. The summed E-state index contributed by atoms with van der Waals surface area (Å²) < 4.78 is 6.64. The second-order valence-corrected chi connectivity index (χ2v) is 5.40. The van der Waals surface area contributed by atoms with Crippen molar-refractivity contribution >= 4 is 34.7 Å². The molecule has 3 rings (SSSR count). The summed E-state index contributed by atoms with van der Waals surface area (Å²) in [6, 6.07) is 9.27. The fraction of sp³-hybridized carbons (Fsp3) is 0.176. The number of alkyl halides is 1. The van der Waals surface area contributed by atoms with Gasteiger partial charge in [0.1, 0.15) is 11.4 Å². The van der Waals surface area contributed by atoms with Gasteiger partial charge in [-0.05, 0) is 25.1 Å². The van der Waals surface area contributed by atoms with E-state index >= 15 is 0 Å². The lowest BCUT2D eigenvalue weighted by atomic mass is 10.1. The number of aromatic nitrogens is 3. The van der Waals surface area contributed by atoms with Crippen LogP contribution in [0.25, 0.3) is 16.9 Å². The van der Waals surface area contributed by atoms with Crippen molar-refractivity contribution in [2.45, 2.75) is 6.92 Å². The Morgan fingerprint density at radius 3 is 3.00 bits per heavy atom. The maximum atomic E-state index is 12.0. The molecule has 0 aliphatic heterocycles. The SMILES string of the molecule is CCOC(=O)c1cnn2c(-c3cccc(N=C(N)CCl)c3)ccnc12. The lowest BCUT2D eigenvalue weighted by Gasteiger charge is -2.06. The van der Waals surface area contributed by atoms with Crippen molar-refractivity contribution in [2.75, 3.05) is 12.5 Å². The summed E-state index contributed by atoms with van der Waals surface area (Å²) in [6.45, 7) is 2.04. The molecule has 7 nitrogen and oxygen atoms in total. The first-order valence-corrected chi connectivity index (χ1v) is 8.16. The molecule has 0 fully saturated rings. The van der Waals surface area contributed by atoms with Crippen molar-refractivity contribution in [3.05, 3.63) is 48.3 Å². The van der Waals surface area contributed by atoms with Crippen LogP contribution in [0.5, 0.6) is 0 Å². The quantitative estimate of drug-likeness (QED) is 0.328. The van der Waals surface area contributed by atoms with Crippen LogP contribution in [0.1, 0.15) is 17.3 Å². The third-order valence-electron chi connectivity index (χ3n) is 3.45. The minimum Gasteiger partial charge on any atom is -0.462 e. The molecule has 2 heterocycles. The Labute approximate surface area is 149 Å². The number of nitrogens with zero attached hydrogens (tertiary/aromatic N) is 4. The van der Waals surface area contributed by atoms with Crippen LogP contribution in [-0.4, -0.2) is 38.9 Å². The van der Waals surface area contributed by atoms with Gasteiger partial charge in [0.05, 0.1) is 30.1 Å². The van der Waals surface area contributed by atoms with E-state index in [2.05, 4.69) is 15.1 Å². The highest BCUT2D eigenvalue weighted by atomic mass is 35.5. The van der Waals surface area contributed by atoms with Gasteiger partial charge in [-0.2, -0.15) is 5.10 Å². The number of ether oxygens (including phenoxy) is 1. The smallest absolute Gasteiger partial charge is 0.343 e. The van der Waals surface area contributed by atoms with Crippen molar-refractivity contribution in [3.8, 4) is 11.3 Å². The van der Waals surface area contributed by atoms with E-state index in [0.717, 1.165) is 11.3 Å². The number of hydrogen-bond donors (Lipinski definition) is 1. The van der Waals surface area contributed by atoms with Gasteiger partial charge >= 0.3 is 5.97 Å². The summed E-state index contributed by atoms with van der Waals surface area (Å²) in [5.41, 5.74) is 8.75. The van der Waals surface area contributed by atoms with Crippen LogP contribution in [0.15, 0.2) is 47.7 Å². The molecule has 0 amide bonds. The van der Waals surface area contributed by atoms with Crippen molar-refractivity contribution < 1.29 is 9.53 Å². The number of halogens is 1. The van der Waals surface area contributed by atoms with Gasteiger partial charge in [0, 0.05) is 11.8 Å². The van der Waals surface area contributed by atoms with E-state index < -0.39 is 5.97 Å². The van der Waals surface area contributed by atoms with E-state index in [1.54, 1.807) is 17.6 Å². The highest BCUT2D eigenvalue weighted by Gasteiger charge is 2.17. The van der Waals surface area contributed by atoms with Gasteiger partial charge < -0.3 is 10.5 Å². The Hall–Kier alpha value is -2.93. The van der Waals surface area contributed by atoms with E-state index in [4.69, 9.17) is 22.1 Å². The number of aliphatic imine (C=N–C) groups is 1. The Balaban J connectivity index is 2.08. The summed E-state index contributed by atoms with van der Waals surface area (Å²) in [5.74, 6) is 0.0453. The lowest BCUT2D eigenvalue weighted by molar-refractivity contribution is 0.0528. The second kappa shape index (κ2) is 7.31. The minimum absolute atomic E-state index is 0.159. The van der Waals surface area contributed by atoms with Gasteiger partial charge in [-0.15, -0.1) is 11.6 Å². The van der Waals surface area contributed by atoms with Crippen LogP contribution < -0.4 is 5.73 Å². The summed E-state index contributed by atoms with van der Waals surface area (Å²) in [5, 5.41) is 4.28. The first-order valence-electron chi connectivity index (χ1n) is 7.63. The molecule has 0 aliphatic rings. The van der Waals surface area contributed by atoms with Gasteiger partial charge in [0.2, 0.25) is 0 Å². The maximum Gasteiger partial charge on any atom is 0.343 e. The Morgan fingerprint density at radius 1 is 1.40 bits per heavy atom. The lowest BCUT2D eigenvalue weighted by Crippen LogP contribution is -2.12. The number of amidine groups is 1. The second-order valence-electron chi connectivity index (χ2n) is 5.13. The summed E-state index contributed by atoms with van der Waals surface area (Å²) >= 11 is 5.67. The fourth-order valence-electron chi connectivity index (χ4n) is 2.39. The van der Waals surface area contributed by atoms with Gasteiger partial charge in [0.25, 0.3) is 0 Å². The monoisotopic (exact) mass is 357 g/mol. The fourth-order valence-corrected chi connectivity index (χ4v) is 2.45. The van der Waals surface area contributed by atoms with E-state index in [9.17, 15) is 4.79 Å². The Bertz CT molecular complexity index is 951. The van der Waals surface area contributed by atoms with Crippen LogP contribution in [0.4, 0.5) is 5.69 Å². The molecule has 2 N–H and O–H groups in total. The molecular formula is C17H16ClN5O2. The molecule has 0 bridgehead atoms. The number of carbonyl (C=O) groups excluding carboxylic acids is 1. The third kappa shape index (κ3) is 3.46. The molecule has 0 radical (unpaired) electrons. The van der Waals surface area contributed by atoms with Crippen molar-refractivity contribution in [1.82, 2.24) is 14.6 Å². The highest BCUT2D eigenvalue weighted by Crippen LogP contribution is 2.25. The first kappa shape index (κ1) is 16.9. The van der Waals surface area contributed by atoms with Gasteiger partial charge in [-0.25, -0.2) is 19.3 Å². The van der Waals surface area contributed by atoms with Crippen LogP contribution in [0.3, 0.4) is 0 Å². The van der Waals surface area contributed by atoms with E-state index in [1.165, 1.54) is 6.20 Å². The number of benzene rings is 1. The van der Waals surface area contributed by atoms with Crippen LogP contribution in [0, 0.1) is 0 Å². The Morgan fingerprint density at radius 2 is 2.24 bits per heavy atom. The number of carbonyl (C=O) groups is 1. The molecular weight excluding hydrogens is 342 g/mol. The van der Waals surface area contributed by atoms with Gasteiger partial charge in [-0.3, -0.25) is 0 Å². The molecule has 0 aliphatic carbocycles. The predicted octanol–water partition coefficient (Wildman–Crippen LogP) is 2.80. The molecule has 0 saturated heterocycles. The van der Waals surface area contributed by atoms with Gasteiger partial charge in [0.15, 0.2) is 5.65 Å². The van der Waals surface area contributed by atoms with Crippen LogP contribution in [0.2, 0.25) is 0 Å². The number of esters is 1. The standard InChI is InChI=1S/C17H16ClN5O2/c1-2-25-17(24)13-10-21-23-14(6-7-20-16(13)23)11-4-3-5-12(8-11)22-15(19)9-18/h3-8,10H,2,9H2,1H3,(H2,19,22). The zero-order chi connectivity index (χ0) is 17.8. The van der Waals surface area contributed by atoms with Crippen LogP contribution >= 0.6 is 11.6 Å². The van der Waals surface area contributed by atoms with Gasteiger partial charge in [-0.1, -0.05) is 12.1 Å². The summed E-state index contributed by atoms with van der Waals surface area (Å²) in [7, 11) is 0. The predicted molar refractivity (Wildman–Crippen MR) is 96.4 cm³/mol. The highest BCUT2D eigenvalue weighted by molar-refractivity contribution is 6.28. The first-order chi connectivity index (χ1) is 12.1. The molecule has 0 saturated carbocycles. The Kier molecular flexibility index (Phi) is 4.95. The zero-order valence-electron chi connectivity index (χ0n) is 13.5. The number of nitrogens with two attached hydrogens (primary N) is 1. The van der Waals surface area contributed by atoms with E-state index in [-0.39, 0.29) is 12.5 Å². The molecule has 2 aromatic heterocycles. The largest absolute Gasteiger partial charge is 0.462 e. The number of fused-ring (bicyclic) bond motifs is 1. The third-order valence-corrected chi connectivity index (χ3v) is 3.72. The van der Waals surface area contributed by atoms with Crippen molar-refractivity contribution in [2.24, 2.45) is 10.7 Å². The summed E-state index contributed by atoms with van der Waals surface area (Å²) in [6.07, 6.45) is 3.08. The van der Waals surface area contributed by atoms with Crippen molar-refractivity contribution in [3.63, 3.8) is 0 Å². The van der Waals surface area contributed by atoms with Crippen molar-refractivity contribution in [1.29, 1.82) is 0 Å². The molecule has 25 heavy (non-hydrogen) atoms. The molecule has 0 spiro atoms. The molecule has 0 atom stereocenters. The van der Waals surface area contributed by atoms with Crippen LogP contribution in [-0.2, 0) is 4.74 Å². The van der Waals surface area contributed by atoms with E-state index in [1.807, 2.05) is 30.3 Å². The molecule has 3 aromatic rings.